The van der Waals surface area contributed by atoms with E-state index in [-0.39, 0.29) is 11.8 Å². The Hall–Kier alpha value is -2.92. The third-order valence-electron chi connectivity index (χ3n) is 4.97. The van der Waals surface area contributed by atoms with E-state index in [1.807, 2.05) is 54.4 Å². The first-order valence-electron chi connectivity index (χ1n) is 8.77. The summed E-state index contributed by atoms with van der Waals surface area (Å²) in [5.74, 6) is 2.50. The molecule has 2 atom stereocenters. The molecule has 5 rings (SSSR count). The second-order valence-electron chi connectivity index (χ2n) is 6.76. The maximum atomic E-state index is 10.3. The normalized spacial score (nSPS) is 20.7. The fourth-order valence-corrected chi connectivity index (χ4v) is 3.89. The van der Waals surface area contributed by atoms with E-state index in [1.165, 1.54) is 0 Å². The van der Waals surface area contributed by atoms with Crippen molar-refractivity contribution in [2.24, 2.45) is 5.10 Å². The minimum atomic E-state index is -0.472. The van der Waals surface area contributed by atoms with Crippen LogP contribution in [0.1, 0.15) is 41.3 Å². The largest absolute Gasteiger partial charge is 0.507 e. The lowest BCUT2D eigenvalue weighted by atomic mass is 9.96. The molecule has 2 aromatic carbocycles. The first-order chi connectivity index (χ1) is 13.1. The molecule has 6 heteroatoms. The van der Waals surface area contributed by atoms with Crippen LogP contribution in [-0.4, -0.2) is 15.8 Å². The maximum absolute atomic E-state index is 10.3. The topological polar surface area (TPSA) is 58.2 Å². The lowest BCUT2D eigenvalue weighted by Gasteiger charge is -2.37. The van der Waals surface area contributed by atoms with Gasteiger partial charge in [-0.25, -0.2) is 5.01 Å². The Morgan fingerprint density at radius 2 is 2.00 bits per heavy atom. The number of phenols is 1. The molecule has 5 nitrogen and oxygen atoms in total. The number of aryl methyl sites for hydroxylation is 1. The number of hydrazone groups is 1. The van der Waals surface area contributed by atoms with Crippen molar-refractivity contribution in [1.82, 2.24) is 5.01 Å². The van der Waals surface area contributed by atoms with E-state index in [1.54, 1.807) is 12.1 Å². The van der Waals surface area contributed by atoms with Crippen LogP contribution in [0, 0.1) is 6.92 Å². The van der Waals surface area contributed by atoms with Gasteiger partial charge in [-0.1, -0.05) is 23.7 Å². The Labute approximate surface area is 161 Å². The lowest BCUT2D eigenvalue weighted by Crippen LogP contribution is -2.33. The van der Waals surface area contributed by atoms with Gasteiger partial charge in [-0.15, -0.1) is 0 Å². The molecule has 3 heterocycles. The number of hydrogen-bond donors (Lipinski definition) is 1. The zero-order chi connectivity index (χ0) is 18.5. The Morgan fingerprint density at radius 3 is 2.78 bits per heavy atom. The van der Waals surface area contributed by atoms with E-state index in [4.69, 9.17) is 25.9 Å². The van der Waals surface area contributed by atoms with Crippen molar-refractivity contribution in [2.45, 2.75) is 25.6 Å². The predicted octanol–water partition coefficient (Wildman–Crippen LogP) is 5.19. The first-order valence-corrected chi connectivity index (χ1v) is 9.14. The van der Waals surface area contributed by atoms with E-state index < -0.39 is 6.23 Å². The number of hydrogen-bond acceptors (Lipinski definition) is 5. The molecule has 0 radical (unpaired) electrons. The summed E-state index contributed by atoms with van der Waals surface area (Å²) in [6, 6.07) is 16.6. The van der Waals surface area contributed by atoms with Gasteiger partial charge in [-0.05, 0) is 49.4 Å². The van der Waals surface area contributed by atoms with Gasteiger partial charge >= 0.3 is 0 Å². The van der Waals surface area contributed by atoms with E-state index in [9.17, 15) is 5.11 Å². The molecule has 0 bridgehead atoms. The average Bonchev–Trinajstić information content (AvgIpc) is 3.28. The third-order valence-corrected chi connectivity index (χ3v) is 5.21. The maximum Gasteiger partial charge on any atom is 0.246 e. The molecular weight excluding hydrogens is 364 g/mol. The molecule has 0 fully saturated rings. The highest BCUT2D eigenvalue weighted by atomic mass is 35.5. The zero-order valence-electron chi connectivity index (χ0n) is 14.6. The molecule has 1 aromatic heterocycles. The predicted molar refractivity (Wildman–Crippen MR) is 102 cm³/mol. The number of ether oxygens (including phenoxy) is 1. The molecule has 0 unspecified atom stereocenters. The van der Waals surface area contributed by atoms with Crippen molar-refractivity contribution >= 4 is 17.3 Å². The second-order valence-corrected chi connectivity index (χ2v) is 7.20. The van der Waals surface area contributed by atoms with Gasteiger partial charge < -0.3 is 14.3 Å². The van der Waals surface area contributed by atoms with Gasteiger partial charge in [0.15, 0.2) is 5.76 Å². The van der Waals surface area contributed by atoms with Gasteiger partial charge in [-0.3, -0.25) is 0 Å². The molecule has 136 valence electrons. The van der Waals surface area contributed by atoms with Crippen LogP contribution in [0.5, 0.6) is 11.5 Å². The van der Waals surface area contributed by atoms with E-state index in [2.05, 4.69) is 0 Å². The second kappa shape index (κ2) is 6.06. The molecule has 2 aliphatic rings. The van der Waals surface area contributed by atoms with Gasteiger partial charge in [0.25, 0.3) is 0 Å². The number of para-hydroxylation sites is 1. The molecule has 1 N–H and O–H groups in total. The fraction of sp³-hybridized carbons (Fsp3) is 0.190. The van der Waals surface area contributed by atoms with Crippen molar-refractivity contribution in [2.75, 3.05) is 0 Å². The number of nitrogens with zero attached hydrogens (tertiary/aromatic N) is 2. The molecule has 0 amide bonds. The first kappa shape index (κ1) is 16.3. The molecular formula is C21H17ClN2O3. The number of aromatic hydroxyl groups is 1. The number of benzene rings is 2. The summed E-state index contributed by atoms with van der Waals surface area (Å²) in [5.41, 5.74) is 2.52. The van der Waals surface area contributed by atoms with Gasteiger partial charge in [0.1, 0.15) is 17.3 Å². The molecule has 27 heavy (non-hydrogen) atoms. The van der Waals surface area contributed by atoms with Crippen molar-refractivity contribution in [3.63, 3.8) is 0 Å². The van der Waals surface area contributed by atoms with Crippen LogP contribution < -0.4 is 4.74 Å². The highest BCUT2D eigenvalue weighted by Gasteiger charge is 2.42. The summed E-state index contributed by atoms with van der Waals surface area (Å²) in [6.07, 6.45) is 0.172. The smallest absolute Gasteiger partial charge is 0.246 e. The number of halogens is 1. The molecule has 0 aliphatic carbocycles. The number of furan rings is 1. The van der Waals surface area contributed by atoms with E-state index in [0.29, 0.717) is 17.2 Å². The highest BCUT2D eigenvalue weighted by molar-refractivity contribution is 6.30. The Balaban J connectivity index is 1.62. The highest BCUT2D eigenvalue weighted by Crippen LogP contribution is 2.48. The van der Waals surface area contributed by atoms with Crippen molar-refractivity contribution < 1.29 is 14.3 Å². The molecule has 0 spiro atoms. The van der Waals surface area contributed by atoms with E-state index in [0.717, 1.165) is 28.3 Å². The van der Waals surface area contributed by atoms with E-state index >= 15 is 0 Å². The lowest BCUT2D eigenvalue weighted by molar-refractivity contribution is -0.0329. The minimum Gasteiger partial charge on any atom is -0.507 e. The summed E-state index contributed by atoms with van der Waals surface area (Å²) in [6.45, 7) is 1.90. The van der Waals surface area contributed by atoms with Crippen LogP contribution in [0.25, 0.3) is 0 Å². The zero-order valence-corrected chi connectivity index (χ0v) is 15.3. The Bertz CT molecular complexity index is 1060. The van der Waals surface area contributed by atoms with Gasteiger partial charge in [0.2, 0.25) is 6.23 Å². The molecule has 2 aliphatic heterocycles. The van der Waals surface area contributed by atoms with Crippen LogP contribution >= 0.6 is 11.6 Å². The Morgan fingerprint density at radius 1 is 1.15 bits per heavy atom. The van der Waals surface area contributed by atoms with Gasteiger partial charge in [0, 0.05) is 22.6 Å². The standard InChI is InChI=1S/C21H17ClN2O3/c1-12-6-8-20(26-12)21-24-17(15-10-13(22)7-9-19(15)27-21)11-16(23-24)14-4-2-3-5-18(14)25/h2-10,17,21,25H,11H2,1H3/t17-,21+/m0/s1. The summed E-state index contributed by atoms with van der Waals surface area (Å²) in [5, 5.41) is 17.6. The molecule has 0 saturated carbocycles. The van der Waals surface area contributed by atoms with Crippen LogP contribution in [0.4, 0.5) is 0 Å². The van der Waals surface area contributed by atoms with Crippen molar-refractivity contribution in [1.29, 1.82) is 0 Å². The monoisotopic (exact) mass is 380 g/mol. The summed E-state index contributed by atoms with van der Waals surface area (Å²) in [7, 11) is 0. The van der Waals surface area contributed by atoms with Crippen LogP contribution in [0.3, 0.4) is 0 Å². The van der Waals surface area contributed by atoms with Crippen molar-refractivity contribution in [3.05, 3.63) is 82.3 Å². The van der Waals surface area contributed by atoms with Gasteiger partial charge in [0.05, 0.1) is 11.8 Å². The number of phenolic OH excluding ortho intramolecular Hbond substituents is 1. The SMILES string of the molecule is Cc1ccc([C@H]2Oc3ccc(Cl)cc3[C@@H]3CC(c4ccccc4O)=NN23)o1. The Kier molecular flexibility index (Phi) is 3.65. The average molecular weight is 381 g/mol. The summed E-state index contributed by atoms with van der Waals surface area (Å²) in [4.78, 5) is 0. The molecule has 3 aromatic rings. The summed E-state index contributed by atoms with van der Waals surface area (Å²) >= 11 is 6.23. The summed E-state index contributed by atoms with van der Waals surface area (Å²) < 4.78 is 12.0. The quantitative estimate of drug-likeness (QED) is 0.664. The fourth-order valence-electron chi connectivity index (χ4n) is 3.71. The van der Waals surface area contributed by atoms with Crippen LogP contribution in [-0.2, 0) is 0 Å². The van der Waals surface area contributed by atoms with Crippen molar-refractivity contribution in [3.8, 4) is 11.5 Å². The van der Waals surface area contributed by atoms with Crippen LogP contribution in [0.15, 0.2) is 64.1 Å². The third kappa shape index (κ3) is 2.66. The van der Waals surface area contributed by atoms with Gasteiger partial charge in [-0.2, -0.15) is 5.10 Å². The number of rotatable bonds is 2. The molecule has 0 saturated heterocycles. The van der Waals surface area contributed by atoms with Crippen LogP contribution in [0.2, 0.25) is 5.02 Å². The minimum absolute atomic E-state index is 0.0440. The number of fused-ring (bicyclic) bond motifs is 3.